The van der Waals surface area contributed by atoms with Crippen molar-refractivity contribution in [3.8, 4) is 17.4 Å². The fourth-order valence-electron chi connectivity index (χ4n) is 1.52. The van der Waals surface area contributed by atoms with Crippen LogP contribution in [0.4, 0.5) is 5.95 Å². The van der Waals surface area contributed by atoms with Crippen molar-refractivity contribution in [1.82, 2.24) is 15.0 Å². The van der Waals surface area contributed by atoms with Gasteiger partial charge in [-0.3, -0.25) is 0 Å². The molecule has 0 aliphatic carbocycles. The largest absolute Gasteiger partial charge is 0.463 e. The third-order valence-electron chi connectivity index (χ3n) is 2.45. The average molecular weight is 313 g/mol. The topological polar surface area (TPSA) is 59.9 Å². The highest BCUT2D eigenvalue weighted by molar-refractivity contribution is 6.36. The summed E-state index contributed by atoms with van der Waals surface area (Å²) < 4.78 is 5.45. The van der Waals surface area contributed by atoms with Gasteiger partial charge in [0, 0.05) is 17.6 Å². The van der Waals surface area contributed by atoms with Gasteiger partial charge < -0.3 is 10.1 Å². The summed E-state index contributed by atoms with van der Waals surface area (Å²) in [6, 6.07) is 5.42. The summed E-state index contributed by atoms with van der Waals surface area (Å²) in [6.45, 7) is 2.55. The fourth-order valence-corrected chi connectivity index (χ4v) is 2.01. The van der Waals surface area contributed by atoms with Gasteiger partial charge in [0.15, 0.2) is 5.82 Å². The number of halogens is 2. The first kappa shape index (κ1) is 14.8. The standard InChI is InChI=1S/C13H14Cl2N4O/c1-3-6-20-13-18-11(17-12(16-2)19-13)9-5-4-8(14)7-10(9)15/h4-5,7H,3,6H2,1-2H3,(H,16,17,18,19). The monoisotopic (exact) mass is 312 g/mol. The van der Waals surface area contributed by atoms with Gasteiger partial charge in [-0.2, -0.15) is 15.0 Å². The zero-order valence-corrected chi connectivity index (χ0v) is 12.7. The molecule has 1 aromatic heterocycles. The molecule has 2 rings (SSSR count). The van der Waals surface area contributed by atoms with E-state index in [0.717, 1.165) is 6.42 Å². The van der Waals surface area contributed by atoms with Crippen LogP contribution in [0.1, 0.15) is 13.3 Å². The van der Waals surface area contributed by atoms with Gasteiger partial charge in [0.05, 0.1) is 11.6 Å². The molecule has 5 nitrogen and oxygen atoms in total. The molecule has 0 saturated carbocycles. The first-order chi connectivity index (χ1) is 9.63. The van der Waals surface area contributed by atoms with Crippen molar-refractivity contribution in [2.24, 2.45) is 0 Å². The molecule has 1 N–H and O–H groups in total. The lowest BCUT2D eigenvalue weighted by Gasteiger charge is -2.08. The third-order valence-corrected chi connectivity index (χ3v) is 2.99. The lowest BCUT2D eigenvalue weighted by atomic mass is 10.2. The van der Waals surface area contributed by atoms with Crippen LogP contribution < -0.4 is 10.1 Å². The van der Waals surface area contributed by atoms with Crippen LogP contribution in [0.2, 0.25) is 10.0 Å². The van der Waals surface area contributed by atoms with Crippen molar-refractivity contribution < 1.29 is 4.74 Å². The van der Waals surface area contributed by atoms with Gasteiger partial charge in [0.1, 0.15) is 0 Å². The van der Waals surface area contributed by atoms with Crippen LogP contribution >= 0.6 is 23.2 Å². The van der Waals surface area contributed by atoms with Gasteiger partial charge in [-0.1, -0.05) is 30.1 Å². The van der Waals surface area contributed by atoms with Crippen molar-refractivity contribution in [2.45, 2.75) is 13.3 Å². The van der Waals surface area contributed by atoms with Gasteiger partial charge in [-0.25, -0.2) is 0 Å². The Morgan fingerprint density at radius 2 is 2.00 bits per heavy atom. The highest BCUT2D eigenvalue weighted by atomic mass is 35.5. The minimum absolute atomic E-state index is 0.271. The van der Waals surface area contributed by atoms with Gasteiger partial charge in [0.25, 0.3) is 0 Å². The van der Waals surface area contributed by atoms with Crippen molar-refractivity contribution in [2.75, 3.05) is 19.0 Å². The average Bonchev–Trinajstić information content (AvgIpc) is 2.44. The first-order valence-electron chi connectivity index (χ1n) is 6.16. The summed E-state index contributed by atoms with van der Waals surface area (Å²) in [7, 11) is 1.73. The Hall–Kier alpha value is -1.59. The molecular formula is C13H14Cl2N4O. The van der Waals surface area contributed by atoms with E-state index in [1.807, 2.05) is 6.92 Å². The van der Waals surface area contributed by atoms with Crippen LogP contribution in [-0.4, -0.2) is 28.6 Å². The number of rotatable bonds is 5. The van der Waals surface area contributed by atoms with E-state index >= 15 is 0 Å². The molecule has 0 fully saturated rings. The van der Waals surface area contributed by atoms with Crippen molar-refractivity contribution in [3.05, 3.63) is 28.2 Å². The molecule has 0 unspecified atom stereocenters. The summed E-state index contributed by atoms with van der Waals surface area (Å²) >= 11 is 12.1. The summed E-state index contributed by atoms with van der Waals surface area (Å²) in [5.41, 5.74) is 0.677. The van der Waals surface area contributed by atoms with Crippen molar-refractivity contribution in [3.63, 3.8) is 0 Å². The smallest absolute Gasteiger partial charge is 0.321 e. The molecule has 0 atom stereocenters. The van der Waals surface area contributed by atoms with Crippen LogP contribution in [0, 0.1) is 0 Å². The Bertz CT molecular complexity index is 607. The van der Waals surface area contributed by atoms with E-state index in [1.54, 1.807) is 25.2 Å². The Balaban J connectivity index is 2.44. The van der Waals surface area contributed by atoms with E-state index in [4.69, 9.17) is 27.9 Å². The second kappa shape index (κ2) is 6.72. The predicted molar refractivity (Wildman–Crippen MR) is 80.6 cm³/mol. The number of benzene rings is 1. The third kappa shape index (κ3) is 3.49. The Morgan fingerprint density at radius 3 is 2.65 bits per heavy atom. The lowest BCUT2D eigenvalue weighted by Crippen LogP contribution is -2.06. The number of anilines is 1. The van der Waals surface area contributed by atoms with Gasteiger partial charge in [0.2, 0.25) is 5.95 Å². The summed E-state index contributed by atoms with van der Waals surface area (Å²) in [6.07, 6.45) is 0.873. The number of ether oxygens (including phenoxy) is 1. The molecule has 7 heteroatoms. The molecular weight excluding hydrogens is 299 g/mol. The van der Waals surface area contributed by atoms with Gasteiger partial charge in [-0.05, 0) is 24.6 Å². The van der Waals surface area contributed by atoms with Crippen molar-refractivity contribution >= 4 is 29.2 Å². The zero-order chi connectivity index (χ0) is 14.5. The molecule has 0 amide bonds. The quantitative estimate of drug-likeness (QED) is 0.912. The number of nitrogens with zero attached hydrogens (tertiary/aromatic N) is 3. The second-order valence-corrected chi connectivity index (χ2v) is 4.83. The van der Waals surface area contributed by atoms with E-state index in [-0.39, 0.29) is 6.01 Å². The zero-order valence-electron chi connectivity index (χ0n) is 11.2. The number of aromatic nitrogens is 3. The molecule has 0 aliphatic rings. The number of hydrogen-bond acceptors (Lipinski definition) is 5. The maximum Gasteiger partial charge on any atom is 0.321 e. The molecule has 106 valence electrons. The predicted octanol–water partition coefficient (Wildman–Crippen LogP) is 3.68. The lowest BCUT2D eigenvalue weighted by molar-refractivity contribution is 0.292. The van der Waals surface area contributed by atoms with Crippen molar-refractivity contribution in [1.29, 1.82) is 0 Å². The molecule has 0 bridgehead atoms. The van der Waals surface area contributed by atoms with Crippen LogP contribution in [-0.2, 0) is 0 Å². The molecule has 0 saturated heterocycles. The SMILES string of the molecule is CCCOc1nc(NC)nc(-c2ccc(Cl)cc2Cl)n1. The normalized spacial score (nSPS) is 10.4. The van der Waals surface area contributed by atoms with Crippen LogP contribution in [0.15, 0.2) is 18.2 Å². The Labute approximate surface area is 127 Å². The van der Waals surface area contributed by atoms with Gasteiger partial charge in [-0.15, -0.1) is 0 Å². The first-order valence-corrected chi connectivity index (χ1v) is 6.91. The Kier molecular flexibility index (Phi) is 4.98. The molecule has 2 aromatic rings. The van der Waals surface area contributed by atoms with Crippen LogP contribution in [0.5, 0.6) is 6.01 Å². The van der Waals surface area contributed by atoms with E-state index in [2.05, 4.69) is 20.3 Å². The molecule has 1 aromatic carbocycles. The Morgan fingerprint density at radius 1 is 1.20 bits per heavy atom. The summed E-state index contributed by atoms with van der Waals surface area (Å²) in [5.74, 6) is 0.865. The van der Waals surface area contributed by atoms with Crippen LogP contribution in [0.3, 0.4) is 0 Å². The van der Waals surface area contributed by atoms with E-state index in [9.17, 15) is 0 Å². The minimum Gasteiger partial charge on any atom is -0.463 e. The second-order valence-electron chi connectivity index (χ2n) is 3.99. The fraction of sp³-hybridized carbons (Fsp3) is 0.308. The van der Waals surface area contributed by atoms with E-state index < -0.39 is 0 Å². The maximum absolute atomic E-state index is 6.17. The molecule has 1 heterocycles. The van der Waals surface area contributed by atoms with Gasteiger partial charge >= 0.3 is 6.01 Å². The summed E-state index contributed by atoms with van der Waals surface area (Å²) in [5, 5.41) is 3.91. The number of nitrogens with one attached hydrogen (secondary N) is 1. The molecule has 0 radical (unpaired) electrons. The molecule has 20 heavy (non-hydrogen) atoms. The maximum atomic E-state index is 6.17. The highest BCUT2D eigenvalue weighted by Gasteiger charge is 2.12. The molecule has 0 aliphatic heterocycles. The highest BCUT2D eigenvalue weighted by Crippen LogP contribution is 2.29. The van der Waals surface area contributed by atoms with E-state index in [1.165, 1.54) is 0 Å². The number of hydrogen-bond donors (Lipinski definition) is 1. The van der Waals surface area contributed by atoms with Crippen LogP contribution in [0.25, 0.3) is 11.4 Å². The summed E-state index contributed by atoms with van der Waals surface area (Å²) in [4.78, 5) is 12.7. The minimum atomic E-state index is 0.271. The van der Waals surface area contributed by atoms with E-state index in [0.29, 0.717) is 34.0 Å². The molecule has 0 spiro atoms.